The lowest BCUT2D eigenvalue weighted by Crippen LogP contribution is -2.16. The first-order valence-electron chi connectivity index (χ1n) is 7.05. The summed E-state index contributed by atoms with van der Waals surface area (Å²) in [5.74, 6) is -7.38. The number of nitrogens with zero attached hydrogens (tertiary/aromatic N) is 3. The molecule has 3 aromatic rings. The minimum Gasteiger partial charge on any atom is -0.503 e. The monoisotopic (exact) mass is 348 g/mol. The fourth-order valence-corrected chi connectivity index (χ4v) is 2.21. The molecule has 3 rings (SSSR count). The van der Waals surface area contributed by atoms with Crippen molar-refractivity contribution in [2.45, 2.75) is 6.54 Å². The van der Waals surface area contributed by atoms with Crippen molar-refractivity contribution in [1.29, 1.82) is 0 Å². The molecule has 0 fully saturated rings. The second-order valence-corrected chi connectivity index (χ2v) is 5.09. The van der Waals surface area contributed by atoms with Crippen molar-refractivity contribution in [3.63, 3.8) is 0 Å². The third-order valence-electron chi connectivity index (χ3n) is 3.44. The standard InChI is InChI=1S/C16H11F3N4O2/c17-11-5-10(13(18)15(24)14(11)19)16(25)22-12-4-2-1-3-9(12)6-23-8-20-7-21-23/h1-5,7-8,24H,6H2,(H,22,25). The van der Waals surface area contributed by atoms with Crippen LogP contribution in [0.25, 0.3) is 0 Å². The summed E-state index contributed by atoms with van der Waals surface area (Å²) in [5, 5.41) is 15.6. The Hall–Kier alpha value is -3.36. The number of carbonyl (C=O) groups is 1. The largest absolute Gasteiger partial charge is 0.503 e. The van der Waals surface area contributed by atoms with Crippen LogP contribution in [0.1, 0.15) is 15.9 Å². The number of carbonyl (C=O) groups excluding carboxylic acids is 1. The van der Waals surface area contributed by atoms with Gasteiger partial charge in [0.15, 0.2) is 17.4 Å². The summed E-state index contributed by atoms with van der Waals surface area (Å²) in [6, 6.07) is 7.02. The van der Waals surface area contributed by atoms with Crippen LogP contribution in [0, 0.1) is 17.5 Å². The molecule has 0 aliphatic heterocycles. The minimum absolute atomic E-state index is 0.280. The first-order chi connectivity index (χ1) is 12.0. The van der Waals surface area contributed by atoms with Crippen LogP contribution in [0.3, 0.4) is 0 Å². The average molecular weight is 348 g/mol. The van der Waals surface area contributed by atoms with E-state index in [0.717, 1.165) is 0 Å². The van der Waals surface area contributed by atoms with Crippen molar-refractivity contribution in [2.24, 2.45) is 0 Å². The molecule has 2 aromatic carbocycles. The Labute approximate surface area is 139 Å². The van der Waals surface area contributed by atoms with Crippen molar-refractivity contribution in [3.8, 4) is 5.75 Å². The first-order valence-corrected chi connectivity index (χ1v) is 7.05. The van der Waals surface area contributed by atoms with Gasteiger partial charge in [0.05, 0.1) is 12.1 Å². The third-order valence-corrected chi connectivity index (χ3v) is 3.44. The molecule has 25 heavy (non-hydrogen) atoms. The van der Waals surface area contributed by atoms with E-state index in [-0.39, 0.29) is 6.54 Å². The third kappa shape index (κ3) is 3.30. The highest BCUT2D eigenvalue weighted by Crippen LogP contribution is 2.27. The van der Waals surface area contributed by atoms with Gasteiger partial charge in [-0.3, -0.25) is 4.79 Å². The summed E-state index contributed by atoms with van der Waals surface area (Å²) in [5.41, 5.74) is 0.146. The molecular formula is C16H11F3N4O2. The van der Waals surface area contributed by atoms with Crippen LogP contribution in [0.5, 0.6) is 5.75 Å². The molecule has 0 unspecified atom stereocenters. The first kappa shape index (κ1) is 16.5. The average Bonchev–Trinajstić information content (AvgIpc) is 3.11. The van der Waals surface area contributed by atoms with E-state index in [9.17, 15) is 23.1 Å². The maximum Gasteiger partial charge on any atom is 0.258 e. The van der Waals surface area contributed by atoms with E-state index in [0.29, 0.717) is 17.3 Å². The number of rotatable bonds is 4. The highest BCUT2D eigenvalue weighted by atomic mass is 19.2. The number of amides is 1. The normalized spacial score (nSPS) is 10.7. The highest BCUT2D eigenvalue weighted by molar-refractivity contribution is 6.05. The Morgan fingerprint density at radius 1 is 1.20 bits per heavy atom. The molecule has 1 heterocycles. The quantitative estimate of drug-likeness (QED) is 0.711. The van der Waals surface area contributed by atoms with Gasteiger partial charge in [-0.15, -0.1) is 0 Å². The molecule has 0 spiro atoms. The van der Waals surface area contributed by atoms with Crippen molar-refractivity contribution in [3.05, 3.63) is 71.6 Å². The topological polar surface area (TPSA) is 80.0 Å². The molecule has 0 aliphatic rings. The Morgan fingerprint density at radius 2 is 1.96 bits per heavy atom. The number of phenolic OH excluding ortho intramolecular Hbond substituents is 1. The van der Waals surface area contributed by atoms with E-state index in [1.54, 1.807) is 24.3 Å². The summed E-state index contributed by atoms with van der Waals surface area (Å²) in [6.45, 7) is 0.280. The van der Waals surface area contributed by atoms with E-state index in [4.69, 9.17) is 0 Å². The van der Waals surface area contributed by atoms with Gasteiger partial charge in [0.1, 0.15) is 12.7 Å². The van der Waals surface area contributed by atoms with Crippen LogP contribution in [0.15, 0.2) is 43.0 Å². The van der Waals surface area contributed by atoms with Gasteiger partial charge in [-0.1, -0.05) is 18.2 Å². The van der Waals surface area contributed by atoms with Gasteiger partial charge < -0.3 is 10.4 Å². The van der Waals surface area contributed by atoms with Crippen LogP contribution >= 0.6 is 0 Å². The number of halogens is 3. The molecule has 0 bridgehead atoms. The SMILES string of the molecule is O=C(Nc1ccccc1Cn1cncn1)c1cc(F)c(F)c(O)c1F. The molecule has 0 saturated heterocycles. The van der Waals surface area contributed by atoms with Crippen LogP contribution in [0.4, 0.5) is 18.9 Å². The minimum atomic E-state index is -1.75. The molecule has 0 saturated carbocycles. The van der Waals surface area contributed by atoms with Gasteiger partial charge in [0.2, 0.25) is 5.82 Å². The molecule has 1 aromatic heterocycles. The highest BCUT2D eigenvalue weighted by Gasteiger charge is 2.23. The number of nitrogens with one attached hydrogen (secondary N) is 1. The van der Waals surface area contributed by atoms with E-state index in [1.807, 2.05) is 0 Å². The molecule has 0 radical (unpaired) electrons. The molecule has 0 aliphatic carbocycles. The van der Waals surface area contributed by atoms with Crippen molar-refractivity contribution >= 4 is 11.6 Å². The van der Waals surface area contributed by atoms with Gasteiger partial charge in [0.25, 0.3) is 5.91 Å². The number of aromatic nitrogens is 3. The maximum absolute atomic E-state index is 13.9. The predicted molar refractivity (Wildman–Crippen MR) is 81.5 cm³/mol. The summed E-state index contributed by atoms with van der Waals surface area (Å²) in [7, 11) is 0. The lowest BCUT2D eigenvalue weighted by molar-refractivity contribution is 0.102. The molecule has 128 valence electrons. The number of hydrogen-bond acceptors (Lipinski definition) is 4. The summed E-state index contributed by atoms with van der Waals surface area (Å²) < 4.78 is 41.8. The zero-order valence-corrected chi connectivity index (χ0v) is 12.6. The lowest BCUT2D eigenvalue weighted by atomic mass is 10.1. The van der Waals surface area contributed by atoms with Crippen LogP contribution in [-0.4, -0.2) is 25.8 Å². The number of anilines is 1. The molecule has 2 N–H and O–H groups in total. The zero-order valence-electron chi connectivity index (χ0n) is 12.6. The van der Waals surface area contributed by atoms with Crippen LogP contribution in [-0.2, 0) is 6.54 Å². The van der Waals surface area contributed by atoms with E-state index in [2.05, 4.69) is 15.4 Å². The van der Waals surface area contributed by atoms with Gasteiger partial charge >= 0.3 is 0 Å². The fraction of sp³-hybridized carbons (Fsp3) is 0.0625. The predicted octanol–water partition coefficient (Wildman–Crippen LogP) is 2.70. The Balaban J connectivity index is 1.90. The molecule has 1 amide bonds. The van der Waals surface area contributed by atoms with E-state index < -0.39 is 34.7 Å². The molecule has 0 atom stereocenters. The molecular weight excluding hydrogens is 337 g/mol. The number of phenols is 1. The van der Waals surface area contributed by atoms with E-state index in [1.165, 1.54) is 17.3 Å². The summed E-state index contributed by atoms with van der Waals surface area (Å²) in [6.07, 6.45) is 2.83. The molecule has 6 nitrogen and oxygen atoms in total. The van der Waals surface area contributed by atoms with Crippen LogP contribution in [0.2, 0.25) is 0 Å². The second-order valence-electron chi connectivity index (χ2n) is 5.09. The second kappa shape index (κ2) is 6.63. The summed E-state index contributed by atoms with van der Waals surface area (Å²) in [4.78, 5) is 16.0. The Morgan fingerprint density at radius 3 is 2.68 bits per heavy atom. The Bertz CT molecular complexity index is 929. The number of aromatic hydroxyl groups is 1. The van der Waals surface area contributed by atoms with Gasteiger partial charge in [0, 0.05) is 5.69 Å². The van der Waals surface area contributed by atoms with Crippen molar-refractivity contribution < 1.29 is 23.1 Å². The van der Waals surface area contributed by atoms with Gasteiger partial charge in [-0.25, -0.2) is 18.4 Å². The smallest absolute Gasteiger partial charge is 0.258 e. The van der Waals surface area contributed by atoms with Crippen LogP contribution < -0.4 is 5.32 Å². The zero-order chi connectivity index (χ0) is 18.0. The number of hydrogen-bond donors (Lipinski definition) is 2. The maximum atomic E-state index is 13.9. The summed E-state index contributed by atoms with van der Waals surface area (Å²) >= 11 is 0. The fourth-order valence-electron chi connectivity index (χ4n) is 2.21. The Kier molecular flexibility index (Phi) is 4.38. The van der Waals surface area contributed by atoms with Gasteiger partial charge in [-0.05, 0) is 17.7 Å². The van der Waals surface area contributed by atoms with Crippen molar-refractivity contribution in [1.82, 2.24) is 14.8 Å². The number of para-hydroxylation sites is 1. The lowest BCUT2D eigenvalue weighted by Gasteiger charge is -2.12. The van der Waals surface area contributed by atoms with Gasteiger partial charge in [-0.2, -0.15) is 9.49 Å². The van der Waals surface area contributed by atoms with Crippen molar-refractivity contribution in [2.75, 3.05) is 5.32 Å². The number of benzene rings is 2. The molecule has 9 heteroatoms. The van der Waals surface area contributed by atoms with E-state index >= 15 is 0 Å².